The Balaban J connectivity index is 1.89. The molecule has 114 valence electrons. The van der Waals surface area contributed by atoms with Gasteiger partial charge >= 0.3 is 0 Å². The molecule has 8 heteroatoms. The van der Waals surface area contributed by atoms with Crippen molar-refractivity contribution in [1.29, 1.82) is 0 Å². The summed E-state index contributed by atoms with van der Waals surface area (Å²) in [5.74, 6) is 0. The molecule has 2 aromatic heterocycles. The van der Waals surface area contributed by atoms with Crippen molar-refractivity contribution < 1.29 is 8.42 Å². The SMILES string of the molecule is CC(C)NS(=O)(=O)NCCc1csc(-c2ccccn2)n1. The highest BCUT2D eigenvalue weighted by Crippen LogP contribution is 2.21. The lowest BCUT2D eigenvalue weighted by atomic mass is 10.3. The van der Waals surface area contributed by atoms with Crippen LogP contribution in [0.2, 0.25) is 0 Å². The smallest absolute Gasteiger partial charge is 0.254 e. The monoisotopic (exact) mass is 326 g/mol. The summed E-state index contributed by atoms with van der Waals surface area (Å²) < 4.78 is 28.2. The van der Waals surface area contributed by atoms with Gasteiger partial charge in [0.2, 0.25) is 0 Å². The Morgan fingerprint density at radius 1 is 1.33 bits per heavy atom. The largest absolute Gasteiger partial charge is 0.277 e. The maximum atomic E-state index is 11.6. The van der Waals surface area contributed by atoms with Crippen LogP contribution in [0.25, 0.3) is 10.7 Å². The molecule has 2 aromatic rings. The Hall–Kier alpha value is -1.35. The molecule has 0 aromatic carbocycles. The predicted octanol–water partition coefficient (Wildman–Crippen LogP) is 1.58. The lowest BCUT2D eigenvalue weighted by Gasteiger charge is -2.09. The number of nitrogens with zero attached hydrogens (tertiary/aromatic N) is 2. The van der Waals surface area contributed by atoms with Crippen LogP contribution in [0, 0.1) is 0 Å². The lowest BCUT2D eigenvalue weighted by molar-refractivity contribution is 0.555. The molecule has 0 aliphatic heterocycles. The summed E-state index contributed by atoms with van der Waals surface area (Å²) in [6.07, 6.45) is 2.27. The van der Waals surface area contributed by atoms with Gasteiger partial charge in [0.1, 0.15) is 5.01 Å². The van der Waals surface area contributed by atoms with Crippen LogP contribution in [0.15, 0.2) is 29.8 Å². The van der Waals surface area contributed by atoms with Crippen molar-refractivity contribution in [3.8, 4) is 10.7 Å². The molecular weight excluding hydrogens is 308 g/mol. The van der Waals surface area contributed by atoms with Crippen molar-refractivity contribution in [1.82, 2.24) is 19.4 Å². The molecule has 0 saturated heterocycles. The molecule has 0 amide bonds. The van der Waals surface area contributed by atoms with E-state index in [-0.39, 0.29) is 6.04 Å². The molecule has 21 heavy (non-hydrogen) atoms. The van der Waals surface area contributed by atoms with E-state index in [0.717, 1.165) is 16.4 Å². The van der Waals surface area contributed by atoms with Crippen LogP contribution in [-0.2, 0) is 16.6 Å². The first-order chi connectivity index (χ1) is 9.96. The second kappa shape index (κ2) is 7.08. The summed E-state index contributed by atoms with van der Waals surface area (Å²) in [6, 6.07) is 5.54. The normalized spacial score (nSPS) is 12.0. The number of hydrogen-bond acceptors (Lipinski definition) is 5. The number of thiazole rings is 1. The summed E-state index contributed by atoms with van der Waals surface area (Å²) >= 11 is 1.50. The zero-order valence-electron chi connectivity index (χ0n) is 11.9. The van der Waals surface area contributed by atoms with E-state index in [1.54, 1.807) is 20.0 Å². The van der Waals surface area contributed by atoms with Crippen molar-refractivity contribution >= 4 is 21.5 Å². The van der Waals surface area contributed by atoms with Crippen LogP contribution < -0.4 is 9.44 Å². The van der Waals surface area contributed by atoms with Crippen LogP contribution in [-0.4, -0.2) is 31.0 Å². The Morgan fingerprint density at radius 2 is 2.14 bits per heavy atom. The van der Waals surface area contributed by atoms with Crippen LogP contribution >= 0.6 is 11.3 Å². The number of aromatic nitrogens is 2. The Bertz CT molecular complexity index is 668. The standard InChI is InChI=1S/C13H18N4O2S2/c1-10(2)17-21(18,19)15-8-6-11-9-20-13(16-11)12-5-3-4-7-14-12/h3-5,7,9-10,15,17H,6,8H2,1-2H3. The fraction of sp³-hybridized carbons (Fsp3) is 0.385. The van der Waals surface area contributed by atoms with Gasteiger partial charge in [-0.15, -0.1) is 11.3 Å². The molecule has 0 radical (unpaired) electrons. The summed E-state index contributed by atoms with van der Waals surface area (Å²) in [6.45, 7) is 3.87. The molecule has 2 N–H and O–H groups in total. The van der Waals surface area contributed by atoms with Crippen molar-refractivity contribution in [3.05, 3.63) is 35.5 Å². The third-order valence-electron chi connectivity index (χ3n) is 2.50. The van der Waals surface area contributed by atoms with Crippen molar-refractivity contribution in [3.63, 3.8) is 0 Å². The topological polar surface area (TPSA) is 84.0 Å². The fourth-order valence-corrected chi connectivity index (χ4v) is 3.60. The number of pyridine rings is 1. The van der Waals surface area contributed by atoms with Crippen LogP contribution in [0.5, 0.6) is 0 Å². The highest BCUT2D eigenvalue weighted by Gasteiger charge is 2.11. The van der Waals surface area contributed by atoms with E-state index in [0.29, 0.717) is 13.0 Å². The van der Waals surface area contributed by atoms with E-state index in [4.69, 9.17) is 0 Å². The first kappa shape index (κ1) is 16.0. The van der Waals surface area contributed by atoms with Crippen molar-refractivity contribution in [2.75, 3.05) is 6.54 Å². The molecule has 0 atom stereocenters. The predicted molar refractivity (Wildman–Crippen MR) is 84.2 cm³/mol. The van der Waals surface area contributed by atoms with E-state index in [2.05, 4.69) is 19.4 Å². The van der Waals surface area contributed by atoms with Gasteiger partial charge in [0.25, 0.3) is 10.2 Å². The molecule has 0 unspecified atom stereocenters. The zero-order valence-corrected chi connectivity index (χ0v) is 13.5. The maximum Gasteiger partial charge on any atom is 0.277 e. The number of hydrogen-bond donors (Lipinski definition) is 2. The van der Waals surface area contributed by atoms with Crippen LogP contribution in [0.3, 0.4) is 0 Å². The quantitative estimate of drug-likeness (QED) is 0.809. The van der Waals surface area contributed by atoms with Gasteiger partial charge in [-0.25, -0.2) is 9.71 Å². The second-order valence-corrected chi connectivity index (χ2v) is 7.17. The van der Waals surface area contributed by atoms with E-state index in [9.17, 15) is 8.42 Å². The van der Waals surface area contributed by atoms with Crippen molar-refractivity contribution in [2.24, 2.45) is 0 Å². The highest BCUT2D eigenvalue weighted by atomic mass is 32.2. The van der Waals surface area contributed by atoms with Crippen LogP contribution in [0.1, 0.15) is 19.5 Å². The fourth-order valence-electron chi connectivity index (χ4n) is 1.69. The first-order valence-electron chi connectivity index (χ1n) is 6.59. The Labute approximate surface area is 128 Å². The van der Waals surface area contributed by atoms with E-state index in [1.165, 1.54) is 11.3 Å². The third-order valence-corrected chi connectivity index (χ3v) is 4.78. The van der Waals surface area contributed by atoms with E-state index < -0.39 is 10.2 Å². The van der Waals surface area contributed by atoms with Gasteiger partial charge in [-0.1, -0.05) is 6.07 Å². The van der Waals surface area contributed by atoms with Gasteiger partial charge < -0.3 is 0 Å². The number of nitrogens with one attached hydrogen (secondary N) is 2. The van der Waals surface area contributed by atoms with Gasteiger partial charge in [-0.3, -0.25) is 4.98 Å². The Morgan fingerprint density at radius 3 is 2.81 bits per heavy atom. The van der Waals surface area contributed by atoms with Crippen molar-refractivity contribution in [2.45, 2.75) is 26.3 Å². The average Bonchev–Trinajstić information content (AvgIpc) is 2.87. The third kappa shape index (κ3) is 5.16. The lowest BCUT2D eigenvalue weighted by Crippen LogP contribution is -2.41. The van der Waals surface area contributed by atoms with Gasteiger partial charge in [0, 0.05) is 30.6 Å². The summed E-state index contributed by atoms with van der Waals surface area (Å²) in [5, 5.41) is 2.77. The molecule has 0 aliphatic rings. The minimum absolute atomic E-state index is 0.127. The van der Waals surface area contributed by atoms with Gasteiger partial charge in [-0.05, 0) is 26.0 Å². The molecule has 0 spiro atoms. The summed E-state index contributed by atoms with van der Waals surface area (Å²) in [7, 11) is -3.43. The molecule has 2 rings (SSSR count). The van der Waals surface area contributed by atoms with Gasteiger partial charge in [0.15, 0.2) is 0 Å². The minimum atomic E-state index is -3.43. The molecule has 0 aliphatic carbocycles. The molecule has 6 nitrogen and oxygen atoms in total. The molecular formula is C13H18N4O2S2. The molecule has 0 bridgehead atoms. The van der Waals surface area contributed by atoms with Gasteiger partial charge in [-0.2, -0.15) is 13.1 Å². The van der Waals surface area contributed by atoms with Crippen LogP contribution in [0.4, 0.5) is 0 Å². The molecule has 2 heterocycles. The summed E-state index contributed by atoms with van der Waals surface area (Å²) in [4.78, 5) is 8.70. The van der Waals surface area contributed by atoms with E-state index >= 15 is 0 Å². The summed E-state index contributed by atoms with van der Waals surface area (Å²) in [5.41, 5.74) is 1.68. The zero-order chi connectivity index (χ0) is 15.3. The Kier molecular flexibility index (Phi) is 5.40. The maximum absolute atomic E-state index is 11.6. The number of rotatable bonds is 7. The average molecular weight is 326 g/mol. The molecule has 0 fully saturated rings. The first-order valence-corrected chi connectivity index (χ1v) is 8.95. The highest BCUT2D eigenvalue weighted by molar-refractivity contribution is 7.87. The van der Waals surface area contributed by atoms with Gasteiger partial charge in [0.05, 0.1) is 11.4 Å². The second-order valence-electron chi connectivity index (χ2n) is 4.78. The minimum Gasteiger partial charge on any atom is -0.254 e. The van der Waals surface area contributed by atoms with E-state index in [1.807, 2.05) is 23.6 Å². The molecule has 0 saturated carbocycles.